The zero-order valence-electron chi connectivity index (χ0n) is 11.9. The molecule has 6 heteroatoms. The first-order valence-corrected chi connectivity index (χ1v) is 8.19. The second-order valence-corrected chi connectivity index (χ2v) is 7.06. The van der Waals surface area contributed by atoms with Crippen molar-refractivity contribution in [3.63, 3.8) is 0 Å². The SMILES string of the molecule is CN(Cc1ccc(S(C)(=O)=O)cc1)Cc1nccn1C. The van der Waals surface area contributed by atoms with Crippen molar-refractivity contribution in [2.24, 2.45) is 7.05 Å². The largest absolute Gasteiger partial charge is 0.337 e. The molecule has 0 atom stereocenters. The van der Waals surface area contributed by atoms with Gasteiger partial charge < -0.3 is 4.57 Å². The molecule has 0 radical (unpaired) electrons. The molecule has 0 saturated carbocycles. The summed E-state index contributed by atoms with van der Waals surface area (Å²) < 4.78 is 24.8. The van der Waals surface area contributed by atoms with Crippen LogP contribution in [0.2, 0.25) is 0 Å². The number of imidazole rings is 1. The van der Waals surface area contributed by atoms with Crippen LogP contribution in [0.1, 0.15) is 11.4 Å². The van der Waals surface area contributed by atoms with E-state index in [-0.39, 0.29) is 0 Å². The van der Waals surface area contributed by atoms with Gasteiger partial charge in [0.05, 0.1) is 11.4 Å². The lowest BCUT2D eigenvalue weighted by Crippen LogP contribution is -2.19. The highest BCUT2D eigenvalue weighted by Gasteiger charge is 2.08. The Kier molecular flexibility index (Phi) is 4.25. The van der Waals surface area contributed by atoms with E-state index in [2.05, 4.69) is 9.88 Å². The lowest BCUT2D eigenvalue weighted by Gasteiger charge is -2.16. The summed E-state index contributed by atoms with van der Waals surface area (Å²) in [5, 5.41) is 0. The van der Waals surface area contributed by atoms with E-state index in [1.54, 1.807) is 18.3 Å². The predicted molar refractivity (Wildman–Crippen MR) is 77.9 cm³/mol. The van der Waals surface area contributed by atoms with Gasteiger partial charge in [0.15, 0.2) is 9.84 Å². The topological polar surface area (TPSA) is 55.2 Å². The van der Waals surface area contributed by atoms with Gasteiger partial charge in [0.1, 0.15) is 5.82 Å². The van der Waals surface area contributed by atoms with Crippen molar-refractivity contribution >= 4 is 9.84 Å². The lowest BCUT2D eigenvalue weighted by atomic mass is 10.2. The third-order valence-corrected chi connectivity index (χ3v) is 4.26. The highest BCUT2D eigenvalue weighted by Crippen LogP contribution is 2.12. The van der Waals surface area contributed by atoms with Crippen LogP contribution >= 0.6 is 0 Å². The second-order valence-electron chi connectivity index (χ2n) is 5.04. The van der Waals surface area contributed by atoms with Gasteiger partial charge in [-0.25, -0.2) is 13.4 Å². The summed E-state index contributed by atoms with van der Waals surface area (Å²) in [5.74, 6) is 1.00. The Labute approximate surface area is 119 Å². The molecule has 0 amide bonds. The van der Waals surface area contributed by atoms with Gasteiger partial charge in [0.25, 0.3) is 0 Å². The van der Waals surface area contributed by atoms with Gasteiger partial charge in [-0.3, -0.25) is 4.90 Å². The fourth-order valence-corrected chi connectivity index (χ4v) is 2.63. The van der Waals surface area contributed by atoms with Crippen LogP contribution in [-0.4, -0.2) is 36.2 Å². The molecule has 0 fully saturated rings. The minimum Gasteiger partial charge on any atom is -0.337 e. The third kappa shape index (κ3) is 3.68. The number of aromatic nitrogens is 2. The Hall–Kier alpha value is -1.66. The maximum absolute atomic E-state index is 11.4. The molecule has 0 bridgehead atoms. The van der Waals surface area contributed by atoms with Crippen LogP contribution in [0.4, 0.5) is 0 Å². The molecule has 0 saturated heterocycles. The summed E-state index contributed by atoms with van der Waals surface area (Å²) >= 11 is 0. The molecular formula is C14H19N3O2S. The van der Waals surface area contributed by atoms with Crippen LogP contribution < -0.4 is 0 Å². The summed E-state index contributed by atoms with van der Waals surface area (Å²) in [7, 11) is 0.861. The van der Waals surface area contributed by atoms with Crippen LogP contribution in [0.3, 0.4) is 0 Å². The Balaban J connectivity index is 2.01. The standard InChI is InChI=1S/C14H19N3O2S/c1-16(11-14-15-8-9-17(14)2)10-12-4-6-13(7-5-12)20(3,18)19/h4-9H,10-11H2,1-3H3. The highest BCUT2D eigenvalue weighted by molar-refractivity contribution is 7.90. The number of benzene rings is 1. The van der Waals surface area contributed by atoms with Gasteiger partial charge in [-0.1, -0.05) is 12.1 Å². The Morgan fingerprint density at radius 3 is 2.35 bits per heavy atom. The summed E-state index contributed by atoms with van der Waals surface area (Å²) in [6.07, 6.45) is 4.92. The van der Waals surface area contributed by atoms with E-state index >= 15 is 0 Å². The van der Waals surface area contributed by atoms with E-state index in [9.17, 15) is 8.42 Å². The molecule has 108 valence electrons. The van der Waals surface area contributed by atoms with E-state index in [4.69, 9.17) is 0 Å². The van der Waals surface area contributed by atoms with Crippen LogP contribution in [-0.2, 0) is 30.0 Å². The average Bonchev–Trinajstić information content (AvgIpc) is 2.74. The normalized spacial score (nSPS) is 12.0. The van der Waals surface area contributed by atoms with Crippen molar-refractivity contribution in [1.29, 1.82) is 0 Å². The van der Waals surface area contributed by atoms with Gasteiger partial charge in [0.2, 0.25) is 0 Å². The monoisotopic (exact) mass is 293 g/mol. The van der Waals surface area contributed by atoms with E-state index in [1.807, 2.05) is 37.0 Å². The maximum Gasteiger partial charge on any atom is 0.175 e. The van der Waals surface area contributed by atoms with Crippen molar-refractivity contribution < 1.29 is 8.42 Å². The van der Waals surface area contributed by atoms with Crippen LogP contribution in [0.5, 0.6) is 0 Å². The van der Waals surface area contributed by atoms with Crippen LogP contribution in [0.15, 0.2) is 41.6 Å². The third-order valence-electron chi connectivity index (χ3n) is 3.14. The van der Waals surface area contributed by atoms with Gasteiger partial charge in [-0.05, 0) is 24.7 Å². The van der Waals surface area contributed by atoms with E-state index in [0.29, 0.717) is 4.90 Å². The van der Waals surface area contributed by atoms with Crippen molar-refractivity contribution in [2.45, 2.75) is 18.0 Å². The van der Waals surface area contributed by atoms with Crippen molar-refractivity contribution in [3.8, 4) is 0 Å². The van der Waals surface area contributed by atoms with Crippen molar-refractivity contribution in [2.75, 3.05) is 13.3 Å². The predicted octanol–water partition coefficient (Wildman–Crippen LogP) is 1.46. The Bertz CT molecular complexity index is 675. The minimum absolute atomic E-state index is 0.355. The number of hydrogen-bond acceptors (Lipinski definition) is 4. The van der Waals surface area contributed by atoms with Crippen molar-refractivity contribution in [3.05, 3.63) is 48.0 Å². The molecule has 2 rings (SSSR count). The fraction of sp³-hybridized carbons (Fsp3) is 0.357. The molecule has 1 aromatic carbocycles. The summed E-state index contributed by atoms with van der Waals surface area (Å²) in [6, 6.07) is 7.01. The molecule has 0 unspecified atom stereocenters. The zero-order chi connectivity index (χ0) is 14.8. The zero-order valence-corrected chi connectivity index (χ0v) is 12.8. The molecule has 0 N–H and O–H groups in total. The Morgan fingerprint density at radius 2 is 1.85 bits per heavy atom. The fourth-order valence-electron chi connectivity index (χ4n) is 2.00. The molecule has 5 nitrogen and oxygen atoms in total. The average molecular weight is 293 g/mol. The Morgan fingerprint density at radius 1 is 1.20 bits per heavy atom. The summed E-state index contributed by atoms with van der Waals surface area (Å²) in [4.78, 5) is 6.78. The van der Waals surface area contributed by atoms with Gasteiger partial charge in [0, 0.05) is 32.2 Å². The van der Waals surface area contributed by atoms with Gasteiger partial charge >= 0.3 is 0 Å². The molecule has 0 aliphatic carbocycles. The van der Waals surface area contributed by atoms with Gasteiger partial charge in [-0.15, -0.1) is 0 Å². The molecule has 0 spiro atoms. The quantitative estimate of drug-likeness (QED) is 0.837. The molecule has 2 aromatic rings. The highest BCUT2D eigenvalue weighted by atomic mass is 32.2. The van der Waals surface area contributed by atoms with Crippen molar-refractivity contribution in [1.82, 2.24) is 14.5 Å². The first-order valence-electron chi connectivity index (χ1n) is 6.30. The number of nitrogens with zero attached hydrogens (tertiary/aromatic N) is 3. The number of aryl methyl sites for hydroxylation is 1. The lowest BCUT2D eigenvalue weighted by molar-refractivity contribution is 0.307. The molecule has 0 aliphatic heterocycles. The second kappa shape index (κ2) is 5.76. The molecule has 0 aliphatic rings. The van der Waals surface area contributed by atoms with E-state index < -0.39 is 9.84 Å². The van der Waals surface area contributed by atoms with Gasteiger partial charge in [-0.2, -0.15) is 0 Å². The summed E-state index contributed by atoms with van der Waals surface area (Å²) in [6.45, 7) is 1.49. The molecule has 1 heterocycles. The van der Waals surface area contributed by atoms with E-state index in [1.165, 1.54) is 6.26 Å². The molecular weight excluding hydrogens is 274 g/mol. The minimum atomic E-state index is -3.12. The van der Waals surface area contributed by atoms with Crippen LogP contribution in [0.25, 0.3) is 0 Å². The smallest absolute Gasteiger partial charge is 0.175 e. The molecule has 20 heavy (non-hydrogen) atoms. The van der Waals surface area contributed by atoms with E-state index in [0.717, 1.165) is 24.5 Å². The number of hydrogen-bond donors (Lipinski definition) is 0. The first-order chi connectivity index (χ1) is 9.36. The van der Waals surface area contributed by atoms with Crippen LogP contribution in [0, 0.1) is 0 Å². The number of sulfone groups is 1. The maximum atomic E-state index is 11.4. The number of rotatable bonds is 5. The molecule has 1 aromatic heterocycles. The summed E-state index contributed by atoms with van der Waals surface area (Å²) in [5.41, 5.74) is 1.08. The first kappa shape index (κ1) is 14.7.